The molecule has 0 amide bonds. The van der Waals surface area contributed by atoms with Gasteiger partial charge in [-0.15, -0.1) is 0 Å². The second kappa shape index (κ2) is 8.03. The molecule has 27 heavy (non-hydrogen) atoms. The number of rotatable bonds is 6. The lowest BCUT2D eigenvalue weighted by Crippen LogP contribution is -2.50. The van der Waals surface area contributed by atoms with Crippen LogP contribution in [0.3, 0.4) is 0 Å². The number of fused-ring (bicyclic) bond motifs is 1. The predicted molar refractivity (Wildman–Crippen MR) is 109 cm³/mol. The highest BCUT2D eigenvalue weighted by Crippen LogP contribution is 2.39. The van der Waals surface area contributed by atoms with Crippen LogP contribution in [0.25, 0.3) is 0 Å². The van der Waals surface area contributed by atoms with E-state index in [1.54, 1.807) is 19.2 Å². The summed E-state index contributed by atoms with van der Waals surface area (Å²) >= 11 is 0. The zero-order valence-electron chi connectivity index (χ0n) is 16.4. The fourth-order valence-corrected chi connectivity index (χ4v) is 6.10. The number of sulfone groups is 1. The first-order chi connectivity index (χ1) is 12.9. The summed E-state index contributed by atoms with van der Waals surface area (Å²) in [6, 6.07) is 15.2. The standard InChI is InChI=1S/C22H29NO3S/c1-4-6-14-22(5-2)16-27(24,25)20-13-12-18(26-3)15-19(20)21(23-22)17-10-8-7-9-11-17/h7-13,15,21,23H,4-6,14,16H2,1-3H3/t21-,22-/m1/s1. The van der Waals surface area contributed by atoms with Gasteiger partial charge in [-0.25, -0.2) is 8.42 Å². The molecule has 0 saturated carbocycles. The molecular weight excluding hydrogens is 358 g/mol. The van der Waals surface area contributed by atoms with Crippen LogP contribution in [-0.4, -0.2) is 26.8 Å². The maximum atomic E-state index is 13.3. The molecule has 0 fully saturated rings. The van der Waals surface area contributed by atoms with Gasteiger partial charge in [0.15, 0.2) is 9.84 Å². The summed E-state index contributed by atoms with van der Waals surface area (Å²) < 4.78 is 32.0. The van der Waals surface area contributed by atoms with Crippen molar-refractivity contribution in [1.82, 2.24) is 5.32 Å². The van der Waals surface area contributed by atoms with Crippen LogP contribution in [0.15, 0.2) is 53.4 Å². The van der Waals surface area contributed by atoms with Gasteiger partial charge in [-0.05, 0) is 42.2 Å². The van der Waals surface area contributed by atoms with Crippen molar-refractivity contribution in [3.05, 3.63) is 59.7 Å². The molecule has 0 spiro atoms. The molecule has 2 aromatic rings. The molecule has 4 nitrogen and oxygen atoms in total. The minimum absolute atomic E-state index is 0.124. The molecule has 2 atom stereocenters. The van der Waals surface area contributed by atoms with Gasteiger partial charge in [0.2, 0.25) is 0 Å². The molecule has 2 aromatic carbocycles. The van der Waals surface area contributed by atoms with E-state index in [-0.39, 0.29) is 11.8 Å². The average Bonchev–Trinajstić information content (AvgIpc) is 2.79. The number of hydrogen-bond acceptors (Lipinski definition) is 4. The Morgan fingerprint density at radius 3 is 2.52 bits per heavy atom. The first kappa shape index (κ1) is 19.9. The third-order valence-electron chi connectivity index (χ3n) is 5.60. The lowest BCUT2D eigenvalue weighted by Gasteiger charge is -2.36. The molecule has 3 rings (SSSR count). The zero-order valence-corrected chi connectivity index (χ0v) is 17.2. The number of benzene rings is 2. The monoisotopic (exact) mass is 387 g/mol. The van der Waals surface area contributed by atoms with Crippen LogP contribution in [-0.2, 0) is 9.84 Å². The number of nitrogens with one attached hydrogen (secondary N) is 1. The summed E-state index contributed by atoms with van der Waals surface area (Å²) in [7, 11) is -1.81. The van der Waals surface area contributed by atoms with Crippen LogP contribution in [0.2, 0.25) is 0 Å². The summed E-state index contributed by atoms with van der Waals surface area (Å²) in [6.45, 7) is 4.22. The minimum atomic E-state index is -3.41. The lowest BCUT2D eigenvalue weighted by atomic mass is 9.88. The van der Waals surface area contributed by atoms with Crippen molar-refractivity contribution in [2.45, 2.75) is 56.0 Å². The summed E-state index contributed by atoms with van der Waals surface area (Å²) in [4.78, 5) is 0.413. The van der Waals surface area contributed by atoms with Gasteiger partial charge in [0.05, 0.1) is 23.8 Å². The molecule has 1 N–H and O–H groups in total. The van der Waals surface area contributed by atoms with E-state index in [4.69, 9.17) is 4.74 Å². The van der Waals surface area contributed by atoms with Crippen LogP contribution in [0.4, 0.5) is 0 Å². The maximum Gasteiger partial charge on any atom is 0.180 e. The second-order valence-electron chi connectivity index (χ2n) is 7.39. The van der Waals surface area contributed by atoms with Gasteiger partial charge >= 0.3 is 0 Å². The van der Waals surface area contributed by atoms with Gasteiger partial charge in [0, 0.05) is 5.54 Å². The first-order valence-corrected chi connectivity index (χ1v) is 11.3. The van der Waals surface area contributed by atoms with Crippen molar-refractivity contribution >= 4 is 9.84 Å². The Morgan fingerprint density at radius 2 is 1.89 bits per heavy atom. The highest BCUT2D eigenvalue weighted by atomic mass is 32.2. The van der Waals surface area contributed by atoms with E-state index in [9.17, 15) is 8.42 Å². The van der Waals surface area contributed by atoms with E-state index < -0.39 is 15.4 Å². The van der Waals surface area contributed by atoms with Crippen LogP contribution >= 0.6 is 0 Å². The molecule has 0 aromatic heterocycles. The molecule has 0 aliphatic carbocycles. The summed E-state index contributed by atoms with van der Waals surface area (Å²) in [6.07, 6.45) is 3.65. The molecule has 1 aliphatic rings. The molecular formula is C22H29NO3S. The molecule has 0 radical (unpaired) electrons. The van der Waals surface area contributed by atoms with Gasteiger partial charge in [-0.2, -0.15) is 0 Å². The van der Waals surface area contributed by atoms with Gasteiger partial charge < -0.3 is 4.74 Å². The number of hydrogen-bond donors (Lipinski definition) is 1. The van der Waals surface area contributed by atoms with Gasteiger partial charge in [0.25, 0.3) is 0 Å². The van der Waals surface area contributed by atoms with Crippen molar-refractivity contribution in [1.29, 1.82) is 0 Å². The smallest absolute Gasteiger partial charge is 0.180 e. The van der Waals surface area contributed by atoms with E-state index in [0.717, 1.165) is 36.8 Å². The minimum Gasteiger partial charge on any atom is -0.497 e. The van der Waals surface area contributed by atoms with Crippen LogP contribution in [0, 0.1) is 0 Å². The fraction of sp³-hybridized carbons (Fsp3) is 0.455. The number of methoxy groups -OCH3 is 1. The third-order valence-corrected chi connectivity index (χ3v) is 7.57. The Hall–Kier alpha value is -1.85. The van der Waals surface area contributed by atoms with Crippen LogP contribution in [0.5, 0.6) is 5.75 Å². The lowest BCUT2D eigenvalue weighted by molar-refractivity contribution is 0.294. The summed E-state index contributed by atoms with van der Waals surface area (Å²) in [5.74, 6) is 0.795. The summed E-state index contributed by atoms with van der Waals surface area (Å²) in [5.41, 5.74) is 1.40. The van der Waals surface area contributed by atoms with Gasteiger partial charge in [-0.1, -0.05) is 57.0 Å². The van der Waals surface area contributed by atoms with Crippen molar-refractivity contribution in [2.75, 3.05) is 12.9 Å². The normalized spacial score (nSPS) is 24.0. The van der Waals surface area contributed by atoms with Gasteiger partial charge in [0.1, 0.15) is 5.75 Å². The van der Waals surface area contributed by atoms with E-state index in [1.165, 1.54) is 0 Å². The largest absolute Gasteiger partial charge is 0.497 e. The quantitative estimate of drug-likeness (QED) is 0.793. The van der Waals surface area contributed by atoms with Gasteiger partial charge in [-0.3, -0.25) is 5.32 Å². The van der Waals surface area contributed by atoms with E-state index in [0.29, 0.717) is 10.6 Å². The Bertz CT molecular complexity index is 880. The third kappa shape index (κ3) is 4.04. The molecule has 0 unspecified atom stereocenters. The Kier molecular flexibility index (Phi) is 5.92. The molecule has 1 aliphatic heterocycles. The highest BCUT2D eigenvalue weighted by molar-refractivity contribution is 7.91. The topological polar surface area (TPSA) is 55.4 Å². The summed E-state index contributed by atoms with van der Waals surface area (Å²) in [5, 5.41) is 3.76. The van der Waals surface area contributed by atoms with E-state index in [2.05, 4.69) is 31.3 Å². The van der Waals surface area contributed by atoms with Crippen LogP contribution < -0.4 is 10.1 Å². The Morgan fingerprint density at radius 1 is 1.15 bits per heavy atom. The Balaban J connectivity index is 2.21. The average molecular weight is 388 g/mol. The van der Waals surface area contributed by atoms with Crippen LogP contribution in [0.1, 0.15) is 56.7 Å². The maximum absolute atomic E-state index is 13.3. The molecule has 5 heteroatoms. The first-order valence-electron chi connectivity index (χ1n) is 9.68. The zero-order chi connectivity index (χ0) is 19.5. The second-order valence-corrected chi connectivity index (χ2v) is 9.35. The predicted octanol–water partition coefficient (Wildman–Crippen LogP) is 4.50. The van der Waals surface area contributed by atoms with Crippen molar-refractivity contribution in [3.8, 4) is 5.75 Å². The molecule has 0 saturated heterocycles. The van der Waals surface area contributed by atoms with Crippen molar-refractivity contribution < 1.29 is 13.2 Å². The molecule has 1 heterocycles. The van der Waals surface area contributed by atoms with Crippen molar-refractivity contribution in [2.24, 2.45) is 0 Å². The molecule has 146 valence electrons. The number of unbranched alkanes of at least 4 members (excludes halogenated alkanes) is 1. The molecule has 0 bridgehead atoms. The van der Waals surface area contributed by atoms with E-state index >= 15 is 0 Å². The van der Waals surface area contributed by atoms with E-state index in [1.807, 2.05) is 24.3 Å². The van der Waals surface area contributed by atoms with Crippen molar-refractivity contribution in [3.63, 3.8) is 0 Å². The SMILES string of the molecule is CCCC[C@]1(CC)CS(=O)(=O)c2ccc(OC)cc2[C@@H](c2ccccc2)N1. The fourth-order valence-electron chi connectivity index (χ4n) is 3.98. The highest BCUT2D eigenvalue weighted by Gasteiger charge is 2.41. The Labute approximate surface area is 162 Å². The number of ether oxygens (including phenoxy) is 1.